The van der Waals surface area contributed by atoms with E-state index in [-0.39, 0.29) is 16.8 Å². The van der Waals surface area contributed by atoms with Gasteiger partial charge in [0.05, 0.1) is 0 Å². The summed E-state index contributed by atoms with van der Waals surface area (Å²) in [7, 11) is -1.79. The van der Waals surface area contributed by atoms with Crippen LogP contribution in [0.15, 0.2) is 17.2 Å². The number of nitrogens with zero attached hydrogens (tertiary/aromatic N) is 2. The zero-order valence-electron chi connectivity index (χ0n) is 12.1. The fourth-order valence-electron chi connectivity index (χ4n) is 2.31. The number of rotatable bonds is 4. The molecule has 0 bridgehead atoms. The van der Waals surface area contributed by atoms with Crippen LogP contribution in [0.4, 0.5) is 0 Å². The summed E-state index contributed by atoms with van der Waals surface area (Å²) in [5.74, 6) is -0.259. The summed E-state index contributed by atoms with van der Waals surface area (Å²) in [6, 6.07) is 1.46. The quantitative estimate of drug-likeness (QED) is 0.899. The van der Waals surface area contributed by atoms with Gasteiger partial charge in [0.15, 0.2) is 0 Å². The smallest absolute Gasteiger partial charge is 0.268 e. The first kappa shape index (κ1) is 15.1. The van der Waals surface area contributed by atoms with Gasteiger partial charge in [-0.05, 0) is 32.8 Å². The van der Waals surface area contributed by atoms with Crippen LogP contribution < -0.4 is 5.32 Å². The molecule has 0 atom stereocenters. The second-order valence-corrected chi connectivity index (χ2v) is 7.35. The zero-order chi connectivity index (χ0) is 14.9. The summed E-state index contributed by atoms with van der Waals surface area (Å²) in [6.45, 7) is 4.85. The lowest BCUT2D eigenvalue weighted by Crippen LogP contribution is -2.31. The number of hydrogen-bond donors (Lipinski definition) is 1. The predicted octanol–water partition coefficient (Wildman–Crippen LogP) is 0.948. The normalized spacial score (nSPS) is 16.8. The fraction of sp³-hybridized carbons (Fsp3) is 0.615. The van der Waals surface area contributed by atoms with Gasteiger partial charge in [-0.1, -0.05) is 0 Å². The van der Waals surface area contributed by atoms with Crippen molar-refractivity contribution in [2.45, 2.75) is 37.6 Å². The van der Waals surface area contributed by atoms with Crippen LogP contribution >= 0.6 is 0 Å². The van der Waals surface area contributed by atoms with Gasteiger partial charge in [-0.25, -0.2) is 8.42 Å². The summed E-state index contributed by atoms with van der Waals surface area (Å²) >= 11 is 0. The molecule has 0 aromatic carbocycles. The van der Waals surface area contributed by atoms with Gasteiger partial charge in [0.1, 0.15) is 10.6 Å². The van der Waals surface area contributed by atoms with Gasteiger partial charge >= 0.3 is 0 Å². The fourth-order valence-corrected chi connectivity index (χ4v) is 3.90. The van der Waals surface area contributed by atoms with Crippen molar-refractivity contribution in [3.63, 3.8) is 0 Å². The molecule has 112 valence electrons. The Morgan fingerprint density at radius 3 is 2.45 bits per heavy atom. The van der Waals surface area contributed by atoms with Crippen molar-refractivity contribution in [3.05, 3.63) is 18.0 Å². The molecular formula is C13H21N3O3S. The predicted molar refractivity (Wildman–Crippen MR) is 76.0 cm³/mol. The van der Waals surface area contributed by atoms with Crippen molar-refractivity contribution in [1.82, 2.24) is 14.2 Å². The Hall–Kier alpha value is -1.34. The summed E-state index contributed by atoms with van der Waals surface area (Å²) in [4.78, 5) is 12.2. The maximum Gasteiger partial charge on any atom is 0.268 e. The van der Waals surface area contributed by atoms with Crippen molar-refractivity contribution < 1.29 is 13.2 Å². The molecule has 7 heteroatoms. The summed E-state index contributed by atoms with van der Waals surface area (Å²) in [6.07, 6.45) is 3.29. The van der Waals surface area contributed by atoms with Crippen LogP contribution in [0.2, 0.25) is 0 Å². The second-order valence-electron chi connectivity index (χ2n) is 5.41. The van der Waals surface area contributed by atoms with Crippen LogP contribution in [-0.4, -0.2) is 42.3 Å². The molecule has 1 aromatic heterocycles. The lowest BCUT2D eigenvalue weighted by molar-refractivity contribution is 0.0935. The minimum Gasteiger partial charge on any atom is -0.349 e. The Morgan fingerprint density at radius 2 is 1.90 bits per heavy atom. The second kappa shape index (κ2) is 5.57. The molecule has 1 aromatic rings. The summed E-state index contributed by atoms with van der Waals surface area (Å²) in [5, 5.41) is 2.77. The molecule has 0 spiro atoms. The SMILES string of the molecule is CC(C)NC(=O)c1cc(S(=O)(=O)N2CCCC2)cn1C. The van der Waals surface area contributed by atoms with Crippen LogP contribution in [0.5, 0.6) is 0 Å². The molecule has 1 aliphatic rings. The molecule has 1 amide bonds. The Kier molecular flexibility index (Phi) is 4.19. The third kappa shape index (κ3) is 2.88. The number of amides is 1. The largest absolute Gasteiger partial charge is 0.349 e. The number of aromatic nitrogens is 1. The Morgan fingerprint density at radius 1 is 1.30 bits per heavy atom. The van der Waals surface area contributed by atoms with Gasteiger partial charge in [-0.15, -0.1) is 0 Å². The van der Waals surface area contributed by atoms with E-state index in [0.717, 1.165) is 12.8 Å². The number of carbonyl (C=O) groups excluding carboxylic acids is 1. The number of hydrogen-bond acceptors (Lipinski definition) is 3. The molecule has 1 N–H and O–H groups in total. The van der Waals surface area contributed by atoms with Crippen molar-refractivity contribution in [1.29, 1.82) is 0 Å². The van der Waals surface area contributed by atoms with Gasteiger partial charge in [0.2, 0.25) is 10.0 Å². The molecule has 6 nitrogen and oxygen atoms in total. The third-order valence-corrected chi connectivity index (χ3v) is 5.20. The zero-order valence-corrected chi connectivity index (χ0v) is 12.9. The lowest BCUT2D eigenvalue weighted by Gasteiger charge is -2.13. The molecule has 1 fully saturated rings. The van der Waals surface area contributed by atoms with E-state index >= 15 is 0 Å². The topological polar surface area (TPSA) is 71.4 Å². The molecule has 2 heterocycles. The lowest BCUT2D eigenvalue weighted by atomic mass is 10.3. The van der Waals surface area contributed by atoms with E-state index in [1.807, 2.05) is 13.8 Å². The molecule has 1 saturated heterocycles. The standard InChI is InChI=1S/C13H21N3O3S/c1-10(2)14-13(17)12-8-11(9-15(12)3)20(18,19)16-6-4-5-7-16/h8-10H,4-7H2,1-3H3,(H,14,17). The van der Waals surface area contributed by atoms with Gasteiger partial charge in [0, 0.05) is 32.4 Å². The Labute approximate surface area is 119 Å². The molecule has 0 saturated carbocycles. The van der Waals surface area contributed by atoms with E-state index in [1.165, 1.54) is 16.6 Å². The first-order valence-corrected chi connectivity index (χ1v) is 8.24. The van der Waals surface area contributed by atoms with Crippen molar-refractivity contribution in [2.24, 2.45) is 7.05 Å². The van der Waals surface area contributed by atoms with Crippen LogP contribution in [0, 0.1) is 0 Å². The number of carbonyl (C=O) groups is 1. The van der Waals surface area contributed by atoms with E-state index in [0.29, 0.717) is 18.8 Å². The van der Waals surface area contributed by atoms with Crippen molar-refractivity contribution in [2.75, 3.05) is 13.1 Å². The third-order valence-electron chi connectivity index (χ3n) is 3.34. The van der Waals surface area contributed by atoms with E-state index in [4.69, 9.17) is 0 Å². The summed E-state index contributed by atoms with van der Waals surface area (Å²) in [5.41, 5.74) is 0.358. The van der Waals surface area contributed by atoms with E-state index < -0.39 is 10.0 Å². The first-order chi connectivity index (χ1) is 9.32. The average Bonchev–Trinajstić information content (AvgIpc) is 2.96. The highest BCUT2D eigenvalue weighted by molar-refractivity contribution is 7.89. The molecular weight excluding hydrogens is 278 g/mol. The van der Waals surface area contributed by atoms with Gasteiger partial charge in [-0.3, -0.25) is 4.79 Å². The number of aryl methyl sites for hydroxylation is 1. The maximum absolute atomic E-state index is 12.4. The van der Waals surface area contributed by atoms with Crippen LogP contribution in [0.1, 0.15) is 37.2 Å². The minimum absolute atomic E-state index is 0.0102. The van der Waals surface area contributed by atoms with Crippen molar-refractivity contribution >= 4 is 15.9 Å². The average molecular weight is 299 g/mol. The van der Waals surface area contributed by atoms with Gasteiger partial charge in [-0.2, -0.15) is 4.31 Å². The monoisotopic (exact) mass is 299 g/mol. The number of nitrogens with one attached hydrogen (secondary N) is 1. The molecule has 2 rings (SSSR count). The molecule has 1 aliphatic heterocycles. The highest BCUT2D eigenvalue weighted by Crippen LogP contribution is 2.22. The molecule has 0 radical (unpaired) electrons. The Bertz CT molecular complexity index is 598. The van der Waals surface area contributed by atoms with E-state index in [9.17, 15) is 13.2 Å². The van der Waals surface area contributed by atoms with Gasteiger partial charge in [0.25, 0.3) is 5.91 Å². The highest BCUT2D eigenvalue weighted by atomic mass is 32.2. The van der Waals surface area contributed by atoms with Crippen molar-refractivity contribution in [3.8, 4) is 0 Å². The minimum atomic E-state index is -3.47. The van der Waals surface area contributed by atoms with E-state index in [2.05, 4.69) is 5.32 Å². The Balaban J connectivity index is 2.29. The van der Waals surface area contributed by atoms with Crippen LogP contribution in [0.25, 0.3) is 0 Å². The number of sulfonamides is 1. The van der Waals surface area contributed by atoms with Crippen LogP contribution in [0.3, 0.4) is 0 Å². The highest BCUT2D eigenvalue weighted by Gasteiger charge is 2.29. The van der Waals surface area contributed by atoms with Gasteiger partial charge < -0.3 is 9.88 Å². The molecule has 0 aliphatic carbocycles. The van der Waals surface area contributed by atoms with E-state index in [1.54, 1.807) is 11.6 Å². The maximum atomic E-state index is 12.4. The first-order valence-electron chi connectivity index (χ1n) is 6.80. The molecule has 0 unspecified atom stereocenters. The van der Waals surface area contributed by atoms with Crippen LogP contribution in [-0.2, 0) is 17.1 Å². The summed E-state index contributed by atoms with van der Waals surface area (Å²) < 4.78 is 27.9. The molecule has 20 heavy (non-hydrogen) atoms.